The minimum atomic E-state index is -1.69. The number of amides is 4. The molecular weight excluding hydrogens is 1110 g/mol. The molecule has 4 saturated heterocycles. The van der Waals surface area contributed by atoms with E-state index in [1.165, 1.54) is 9.80 Å². The van der Waals surface area contributed by atoms with Crippen molar-refractivity contribution in [3.8, 4) is 0 Å². The normalized spacial score (nSPS) is 34.5. The molecule has 21 atom stereocenters. The smallest absolute Gasteiger partial charge is 0.236 e. The van der Waals surface area contributed by atoms with Gasteiger partial charge in [0.25, 0.3) is 0 Å². The van der Waals surface area contributed by atoms with Crippen molar-refractivity contribution in [2.24, 2.45) is 5.73 Å². The first-order valence-corrected chi connectivity index (χ1v) is 27.6. The van der Waals surface area contributed by atoms with Crippen LogP contribution in [0.1, 0.15) is 64.2 Å². The molecule has 4 aliphatic heterocycles. The Labute approximate surface area is 472 Å². The number of unbranched alkanes of at least 4 members (excludes halogenated alkanes) is 4. The van der Waals surface area contributed by atoms with Crippen molar-refractivity contribution in [3.63, 3.8) is 0 Å². The summed E-state index contributed by atoms with van der Waals surface area (Å²) in [5.41, 5.74) is 6.04. The number of carbonyl (C=O) groups excluding carboxylic acids is 4. The Bertz CT molecular complexity index is 1770. The van der Waals surface area contributed by atoms with Crippen molar-refractivity contribution in [2.45, 2.75) is 193 Å². The fourth-order valence-electron chi connectivity index (χ4n) is 9.21. The lowest BCUT2D eigenvalue weighted by Gasteiger charge is -2.40. The van der Waals surface area contributed by atoms with Gasteiger partial charge in [0.15, 0.2) is 25.2 Å². The van der Waals surface area contributed by atoms with Gasteiger partial charge in [0, 0.05) is 58.5 Å². The summed E-state index contributed by atoms with van der Waals surface area (Å²) in [5, 5.41) is 166. The monoisotopic (exact) mass is 1200 g/mol. The number of hydrogen-bond acceptors (Lipinski definition) is 29. The van der Waals surface area contributed by atoms with E-state index in [0.717, 1.165) is 0 Å². The molecule has 4 amide bonds. The number of carbonyl (C=O) groups is 4. The maximum absolute atomic E-state index is 13.4. The molecule has 33 nitrogen and oxygen atoms in total. The van der Waals surface area contributed by atoms with Gasteiger partial charge in [-0.15, -0.1) is 0 Å². The van der Waals surface area contributed by atoms with Crippen LogP contribution in [-0.4, -0.2) is 336 Å². The van der Waals surface area contributed by atoms with E-state index in [2.05, 4.69) is 10.6 Å². The second-order valence-corrected chi connectivity index (χ2v) is 20.4. The van der Waals surface area contributed by atoms with Crippen molar-refractivity contribution in [1.29, 1.82) is 0 Å². The molecule has 0 unspecified atom stereocenters. The Kier molecular flexibility index (Phi) is 32.0. The fourth-order valence-corrected chi connectivity index (χ4v) is 9.21. The van der Waals surface area contributed by atoms with Gasteiger partial charge in [-0.25, -0.2) is 0 Å². The van der Waals surface area contributed by atoms with Gasteiger partial charge in [-0.3, -0.25) is 19.2 Å². The first-order chi connectivity index (χ1) is 39.1. The molecule has 4 rings (SSSR count). The Morgan fingerprint density at radius 1 is 0.402 bits per heavy atom. The van der Waals surface area contributed by atoms with E-state index >= 15 is 0 Å². The standard InChI is InChI=1S/C49H89N5O28/c50-25(45(74)52-12-6-2-4-8-32(61)54(15-19-77-48-43(72)39(68)35(64)28(23-57)81-48)16-20-78-49-44(73)40(69)36(65)29(24-58)82-49)9-10-30(59)51-11-5-1-3-7-31(60)53(13-17-75-46-41(70)37(66)33(62)26(21-55)79-46)14-18-76-47-42(71)38(67)34(63)27(22-56)80-47/h25-29,33-44,46-49,55-58,62-73H,1-24,50H2,(H,51,59)(H,52,74)/t25-,26+,27+,28+,29+,33+,34+,35+,36+,37-,38-,39-,40-,41-,42-,43-,44-,46-,47-,48-,49-/m0/s1. The SMILES string of the molecule is N[C@@H](CCC(=O)NCCCCCC(=O)N(CCO[C@H]1O[C@H](CO)[C@@H](O)[C@H](O)[C@@H]1O)CCO[C@H]1O[C@H](CO)[C@@H](O)[C@H](O)[C@@H]1O)C(=O)NCCCCCC(=O)N(CCO[C@H]1O[C@H](CO)[C@@H](O)[C@H](O)[C@@H]1O)CCO[C@H]1O[C@H](CO)[C@@H](O)[C@H](O)[C@@H]1O. The van der Waals surface area contributed by atoms with E-state index < -0.39 is 161 Å². The number of nitrogens with two attached hydrogens (primary N) is 1. The minimum Gasteiger partial charge on any atom is -0.394 e. The van der Waals surface area contributed by atoms with Gasteiger partial charge >= 0.3 is 0 Å². The number of nitrogens with zero attached hydrogens (tertiary/aromatic N) is 2. The maximum Gasteiger partial charge on any atom is 0.236 e. The predicted octanol–water partition coefficient (Wildman–Crippen LogP) is -10.6. The van der Waals surface area contributed by atoms with Crippen molar-refractivity contribution < 1.29 is 139 Å². The van der Waals surface area contributed by atoms with Crippen LogP contribution in [0.15, 0.2) is 0 Å². The van der Waals surface area contributed by atoms with Gasteiger partial charge in [0.1, 0.15) is 97.7 Å². The molecule has 0 saturated carbocycles. The summed E-state index contributed by atoms with van der Waals surface area (Å²) < 4.78 is 43.7. The molecule has 82 heavy (non-hydrogen) atoms. The number of rotatable bonds is 36. The van der Waals surface area contributed by atoms with Gasteiger partial charge in [0.2, 0.25) is 23.6 Å². The number of ether oxygens (including phenoxy) is 8. The average Bonchev–Trinajstić information content (AvgIpc) is 3.48. The zero-order valence-electron chi connectivity index (χ0n) is 45.6. The van der Waals surface area contributed by atoms with Gasteiger partial charge in [0.05, 0.1) is 58.9 Å². The van der Waals surface area contributed by atoms with E-state index in [-0.39, 0.29) is 109 Å². The van der Waals surface area contributed by atoms with Crippen LogP contribution in [0.4, 0.5) is 0 Å². The summed E-state index contributed by atoms with van der Waals surface area (Å²) >= 11 is 0. The van der Waals surface area contributed by atoms with Gasteiger partial charge in [-0.1, -0.05) is 12.8 Å². The molecule has 20 N–H and O–H groups in total. The molecule has 4 fully saturated rings. The molecular formula is C49H89N5O28. The molecule has 0 spiro atoms. The van der Waals surface area contributed by atoms with E-state index in [1.807, 2.05) is 0 Å². The molecule has 478 valence electrons. The highest BCUT2D eigenvalue weighted by molar-refractivity contribution is 5.83. The molecule has 33 heteroatoms. The third-order valence-corrected chi connectivity index (χ3v) is 14.4. The van der Waals surface area contributed by atoms with Crippen LogP contribution in [0, 0.1) is 0 Å². The van der Waals surface area contributed by atoms with E-state index in [0.29, 0.717) is 38.5 Å². The second kappa shape index (κ2) is 36.8. The topological polar surface area (TPSA) is 522 Å². The van der Waals surface area contributed by atoms with E-state index in [9.17, 15) is 101 Å². The van der Waals surface area contributed by atoms with Gasteiger partial charge in [-0.05, 0) is 32.1 Å². The predicted molar refractivity (Wildman–Crippen MR) is 272 cm³/mol. The Morgan fingerprint density at radius 2 is 0.695 bits per heavy atom. The number of aliphatic hydroxyl groups excluding tert-OH is 16. The minimum absolute atomic E-state index is 0.0179. The van der Waals surface area contributed by atoms with Crippen LogP contribution in [0.2, 0.25) is 0 Å². The van der Waals surface area contributed by atoms with Crippen LogP contribution < -0.4 is 16.4 Å². The summed E-state index contributed by atoms with van der Waals surface area (Å²) in [6.45, 7) is -3.69. The maximum atomic E-state index is 13.4. The highest BCUT2D eigenvalue weighted by Crippen LogP contribution is 2.26. The van der Waals surface area contributed by atoms with Crippen molar-refractivity contribution in [2.75, 3.05) is 92.1 Å². The Morgan fingerprint density at radius 3 is 0.988 bits per heavy atom. The zero-order chi connectivity index (χ0) is 60.6. The third-order valence-electron chi connectivity index (χ3n) is 14.4. The first kappa shape index (κ1) is 71.4. The molecule has 4 heterocycles. The summed E-state index contributed by atoms with van der Waals surface area (Å²) in [5.74, 6) is -1.61. The van der Waals surface area contributed by atoms with Crippen LogP contribution in [0.3, 0.4) is 0 Å². The first-order valence-electron chi connectivity index (χ1n) is 27.6. The summed E-state index contributed by atoms with van der Waals surface area (Å²) in [6.07, 6.45) is -28.0. The van der Waals surface area contributed by atoms with Gasteiger partial charge < -0.3 is 146 Å². The summed E-state index contributed by atoms with van der Waals surface area (Å²) in [6, 6.07) is -1.00. The zero-order valence-corrected chi connectivity index (χ0v) is 45.6. The number of hydrogen-bond donors (Lipinski definition) is 19. The largest absolute Gasteiger partial charge is 0.394 e. The van der Waals surface area contributed by atoms with Crippen LogP contribution in [0.5, 0.6) is 0 Å². The van der Waals surface area contributed by atoms with E-state index in [4.69, 9.17) is 43.6 Å². The molecule has 0 aromatic rings. The lowest BCUT2D eigenvalue weighted by Crippen LogP contribution is -2.59. The summed E-state index contributed by atoms with van der Waals surface area (Å²) in [4.78, 5) is 54.7. The Balaban J connectivity index is 1.13. The van der Waals surface area contributed by atoms with Crippen molar-refractivity contribution in [1.82, 2.24) is 20.4 Å². The lowest BCUT2D eigenvalue weighted by atomic mass is 9.99. The lowest BCUT2D eigenvalue weighted by molar-refractivity contribution is -0.303. The highest BCUT2D eigenvalue weighted by atomic mass is 16.7. The van der Waals surface area contributed by atoms with Crippen LogP contribution >= 0.6 is 0 Å². The molecule has 0 aliphatic carbocycles. The number of nitrogens with one attached hydrogen (secondary N) is 2. The van der Waals surface area contributed by atoms with Crippen molar-refractivity contribution in [3.05, 3.63) is 0 Å². The molecule has 0 aromatic heterocycles. The van der Waals surface area contributed by atoms with Crippen LogP contribution in [-0.2, 0) is 57.1 Å². The highest BCUT2D eigenvalue weighted by Gasteiger charge is 2.47. The third kappa shape index (κ3) is 21.4. The Hall–Kier alpha value is -3.12. The molecule has 0 radical (unpaired) electrons. The molecule has 0 bridgehead atoms. The quantitative estimate of drug-likeness (QED) is 0.0259. The van der Waals surface area contributed by atoms with Crippen LogP contribution in [0.25, 0.3) is 0 Å². The number of aliphatic hydroxyl groups is 16. The average molecular weight is 1200 g/mol. The van der Waals surface area contributed by atoms with Gasteiger partial charge in [-0.2, -0.15) is 0 Å². The van der Waals surface area contributed by atoms with Crippen molar-refractivity contribution >= 4 is 23.6 Å². The molecule has 0 aromatic carbocycles. The summed E-state index contributed by atoms with van der Waals surface area (Å²) in [7, 11) is 0. The molecule has 4 aliphatic rings. The van der Waals surface area contributed by atoms with E-state index in [1.54, 1.807) is 0 Å². The second-order valence-electron chi connectivity index (χ2n) is 20.4. The fraction of sp³-hybridized carbons (Fsp3) is 0.918.